The summed E-state index contributed by atoms with van der Waals surface area (Å²) in [6, 6.07) is 22.1. The maximum atomic E-state index is 13.6. The average molecular weight is 525 g/mol. The monoisotopic (exact) mass is 524 g/mol. The molecule has 0 saturated carbocycles. The third-order valence-corrected chi connectivity index (χ3v) is 6.34. The summed E-state index contributed by atoms with van der Waals surface area (Å²) in [7, 11) is 0. The molecule has 0 bridgehead atoms. The van der Waals surface area contributed by atoms with Gasteiger partial charge in [0.1, 0.15) is 5.82 Å². The number of pyridine rings is 1. The minimum Gasteiger partial charge on any atom is -0.438 e. The fraction of sp³-hybridized carbons (Fsp3) is 0.133. The van der Waals surface area contributed by atoms with Crippen LogP contribution in [0.3, 0.4) is 0 Å². The Bertz CT molecular complexity index is 1490. The molecule has 196 valence electrons. The van der Waals surface area contributed by atoms with E-state index in [1.165, 1.54) is 35.4 Å². The highest BCUT2D eigenvalue weighted by Gasteiger charge is 2.47. The Balaban J connectivity index is 1.44. The van der Waals surface area contributed by atoms with Crippen LogP contribution in [0.5, 0.6) is 0 Å². The van der Waals surface area contributed by atoms with Crippen LogP contribution in [0.1, 0.15) is 33.2 Å². The number of anilines is 2. The lowest BCUT2D eigenvalue weighted by molar-refractivity contribution is -0.121. The van der Waals surface area contributed by atoms with E-state index in [0.29, 0.717) is 22.5 Å². The molecule has 2 atom stereocenters. The minimum atomic E-state index is -1.03. The molecule has 9 heteroatoms. The maximum absolute atomic E-state index is 13.6. The molecule has 1 saturated heterocycles. The van der Waals surface area contributed by atoms with Crippen LogP contribution >= 0.6 is 0 Å². The van der Waals surface area contributed by atoms with Crippen molar-refractivity contribution in [3.63, 3.8) is 0 Å². The van der Waals surface area contributed by atoms with E-state index in [-0.39, 0.29) is 12.5 Å². The summed E-state index contributed by atoms with van der Waals surface area (Å²) in [5.74, 6) is -1.28. The van der Waals surface area contributed by atoms with E-state index in [2.05, 4.69) is 15.6 Å². The van der Waals surface area contributed by atoms with Crippen molar-refractivity contribution >= 4 is 29.3 Å². The number of carbonyl (C=O) groups is 3. The van der Waals surface area contributed by atoms with Crippen LogP contribution < -0.4 is 10.6 Å². The minimum absolute atomic E-state index is 0.147. The second kappa shape index (κ2) is 11.1. The molecule has 1 aliphatic heterocycles. The van der Waals surface area contributed by atoms with Crippen molar-refractivity contribution in [2.24, 2.45) is 0 Å². The fourth-order valence-electron chi connectivity index (χ4n) is 4.34. The van der Waals surface area contributed by atoms with Gasteiger partial charge >= 0.3 is 6.09 Å². The van der Waals surface area contributed by atoms with E-state index in [4.69, 9.17) is 4.74 Å². The van der Waals surface area contributed by atoms with Gasteiger partial charge in [-0.05, 0) is 66.6 Å². The molecule has 1 fully saturated rings. The lowest BCUT2D eigenvalue weighted by Gasteiger charge is -2.24. The van der Waals surface area contributed by atoms with Gasteiger partial charge < -0.3 is 15.4 Å². The van der Waals surface area contributed by atoms with E-state index in [9.17, 15) is 18.8 Å². The van der Waals surface area contributed by atoms with Gasteiger partial charge in [0, 0.05) is 23.8 Å². The van der Waals surface area contributed by atoms with E-state index in [1.54, 1.807) is 42.6 Å². The Kier molecular flexibility index (Phi) is 7.31. The molecule has 2 N–H and O–H groups in total. The van der Waals surface area contributed by atoms with Crippen LogP contribution in [0.2, 0.25) is 0 Å². The van der Waals surface area contributed by atoms with Gasteiger partial charge in [-0.1, -0.05) is 42.0 Å². The quantitative estimate of drug-likeness (QED) is 0.333. The lowest BCUT2D eigenvalue weighted by Crippen LogP contribution is -2.43. The third kappa shape index (κ3) is 5.93. The number of carbonyl (C=O) groups excluding carboxylic acids is 3. The van der Waals surface area contributed by atoms with Crippen molar-refractivity contribution in [3.8, 4) is 0 Å². The molecule has 0 unspecified atom stereocenters. The standard InChI is InChI=1S/C30H25FN4O4/c1-19-7-9-20(10-8-19)18-35-26(29(37)33-24-13-11-23(31)12-14-24)27(39-30(35)38)21-4-2-6-25(16-21)34-28(36)22-5-3-15-32-17-22/h2-17,26-27H,18H2,1H3,(H,33,37)(H,34,36)/t26-,27-/m1/s1. The van der Waals surface area contributed by atoms with E-state index in [1.807, 2.05) is 31.2 Å². The molecular formula is C30H25FN4O4. The number of aromatic nitrogens is 1. The molecule has 8 nitrogen and oxygen atoms in total. The summed E-state index contributed by atoms with van der Waals surface area (Å²) in [6.45, 7) is 2.11. The lowest BCUT2D eigenvalue weighted by atomic mass is 9.99. The summed E-state index contributed by atoms with van der Waals surface area (Å²) in [6.07, 6.45) is 1.42. The third-order valence-electron chi connectivity index (χ3n) is 6.34. The van der Waals surface area contributed by atoms with Crippen LogP contribution in [0.4, 0.5) is 20.6 Å². The zero-order valence-electron chi connectivity index (χ0n) is 21.0. The summed E-state index contributed by atoms with van der Waals surface area (Å²) < 4.78 is 19.1. The van der Waals surface area contributed by atoms with Crippen molar-refractivity contribution in [2.45, 2.75) is 25.6 Å². The molecule has 5 rings (SSSR count). The highest BCUT2D eigenvalue weighted by molar-refractivity contribution is 6.04. The zero-order valence-corrected chi connectivity index (χ0v) is 21.0. The van der Waals surface area contributed by atoms with Gasteiger partial charge in [0.25, 0.3) is 11.8 Å². The fourth-order valence-corrected chi connectivity index (χ4v) is 4.34. The van der Waals surface area contributed by atoms with Crippen molar-refractivity contribution < 1.29 is 23.5 Å². The van der Waals surface area contributed by atoms with Gasteiger partial charge in [-0.3, -0.25) is 19.5 Å². The molecule has 2 heterocycles. The van der Waals surface area contributed by atoms with Crippen molar-refractivity contribution in [1.82, 2.24) is 9.88 Å². The van der Waals surface area contributed by atoms with Crippen molar-refractivity contribution in [1.29, 1.82) is 0 Å². The molecule has 4 aromatic rings. The second-order valence-electron chi connectivity index (χ2n) is 9.18. The summed E-state index contributed by atoms with van der Waals surface area (Å²) in [4.78, 5) is 44.6. The van der Waals surface area contributed by atoms with Crippen LogP contribution in [-0.4, -0.2) is 33.8 Å². The van der Waals surface area contributed by atoms with Gasteiger partial charge in [-0.2, -0.15) is 0 Å². The first kappa shape index (κ1) is 25.6. The van der Waals surface area contributed by atoms with Gasteiger partial charge in [-0.15, -0.1) is 0 Å². The largest absolute Gasteiger partial charge is 0.438 e. The van der Waals surface area contributed by atoms with Crippen molar-refractivity contribution in [3.05, 3.63) is 125 Å². The topological polar surface area (TPSA) is 101 Å². The second-order valence-corrected chi connectivity index (χ2v) is 9.18. The van der Waals surface area contributed by atoms with Gasteiger partial charge in [0.2, 0.25) is 0 Å². The smallest absolute Gasteiger partial charge is 0.411 e. The Morgan fingerprint density at radius 3 is 2.44 bits per heavy atom. The van der Waals surface area contributed by atoms with Gasteiger partial charge in [0.05, 0.1) is 12.1 Å². The number of nitrogens with zero attached hydrogens (tertiary/aromatic N) is 2. The number of amides is 3. The Morgan fingerprint density at radius 2 is 1.72 bits per heavy atom. The number of aryl methyl sites for hydroxylation is 1. The molecule has 3 aromatic carbocycles. The predicted octanol–water partition coefficient (Wildman–Crippen LogP) is 5.48. The number of halogens is 1. The first-order valence-corrected chi connectivity index (χ1v) is 12.3. The Morgan fingerprint density at radius 1 is 0.949 bits per heavy atom. The average Bonchev–Trinajstić information content (AvgIpc) is 3.27. The first-order valence-electron chi connectivity index (χ1n) is 12.3. The zero-order chi connectivity index (χ0) is 27.4. The number of ether oxygens (including phenoxy) is 1. The number of hydrogen-bond acceptors (Lipinski definition) is 5. The number of benzene rings is 3. The summed E-state index contributed by atoms with van der Waals surface area (Å²) in [5.41, 5.74) is 3.65. The highest BCUT2D eigenvalue weighted by Crippen LogP contribution is 2.35. The number of nitrogens with one attached hydrogen (secondary N) is 2. The van der Waals surface area contributed by atoms with E-state index < -0.39 is 30.0 Å². The molecule has 0 spiro atoms. The summed E-state index contributed by atoms with van der Waals surface area (Å²) in [5, 5.41) is 5.58. The van der Waals surface area contributed by atoms with Gasteiger partial charge in [-0.25, -0.2) is 9.18 Å². The van der Waals surface area contributed by atoms with Crippen LogP contribution in [0.15, 0.2) is 97.3 Å². The van der Waals surface area contributed by atoms with Crippen LogP contribution in [0.25, 0.3) is 0 Å². The predicted molar refractivity (Wildman–Crippen MR) is 143 cm³/mol. The number of hydrogen-bond donors (Lipinski definition) is 2. The molecule has 39 heavy (non-hydrogen) atoms. The number of rotatable bonds is 7. The van der Waals surface area contributed by atoms with Gasteiger partial charge in [0.15, 0.2) is 12.1 Å². The molecule has 1 aliphatic rings. The summed E-state index contributed by atoms with van der Waals surface area (Å²) >= 11 is 0. The maximum Gasteiger partial charge on any atom is 0.411 e. The molecule has 1 aromatic heterocycles. The Labute approximate surface area is 224 Å². The highest BCUT2D eigenvalue weighted by atomic mass is 19.1. The van der Waals surface area contributed by atoms with Crippen molar-refractivity contribution in [2.75, 3.05) is 10.6 Å². The molecule has 0 aliphatic carbocycles. The molecule has 0 radical (unpaired) electrons. The SMILES string of the molecule is Cc1ccc(CN2C(=O)O[C@H](c3cccc(NC(=O)c4cccnc4)c3)[C@@H]2C(=O)Nc2ccc(F)cc2)cc1. The first-order chi connectivity index (χ1) is 18.9. The van der Waals surface area contributed by atoms with E-state index in [0.717, 1.165) is 11.1 Å². The number of cyclic esters (lactones) is 1. The van der Waals surface area contributed by atoms with Crippen LogP contribution in [-0.2, 0) is 16.1 Å². The molecule has 3 amide bonds. The van der Waals surface area contributed by atoms with E-state index >= 15 is 0 Å². The normalized spacial score (nSPS) is 16.5. The Hall–Kier alpha value is -5.05. The van der Waals surface area contributed by atoms with Crippen LogP contribution in [0, 0.1) is 12.7 Å². The molecular weight excluding hydrogens is 499 g/mol.